The maximum atomic E-state index is 4.60. The molecule has 0 saturated heterocycles. The SMILES string of the molecule is C=CCNC(=NCc1nnc2ccccn12)NCCn1cnnc1CC. The van der Waals surface area contributed by atoms with Gasteiger partial charge in [-0.05, 0) is 12.1 Å². The van der Waals surface area contributed by atoms with Gasteiger partial charge in [-0.15, -0.1) is 27.0 Å². The zero-order valence-electron chi connectivity index (χ0n) is 14.8. The predicted molar refractivity (Wildman–Crippen MR) is 99.7 cm³/mol. The van der Waals surface area contributed by atoms with Gasteiger partial charge in [0.25, 0.3) is 0 Å². The summed E-state index contributed by atoms with van der Waals surface area (Å²) in [5.41, 5.74) is 0.811. The van der Waals surface area contributed by atoms with Gasteiger partial charge in [-0.2, -0.15) is 0 Å². The first kappa shape index (κ1) is 17.6. The third kappa shape index (κ3) is 4.24. The first-order chi connectivity index (χ1) is 12.8. The highest BCUT2D eigenvalue weighted by Crippen LogP contribution is 2.03. The van der Waals surface area contributed by atoms with Crippen molar-refractivity contribution >= 4 is 11.6 Å². The third-order valence-corrected chi connectivity index (χ3v) is 3.83. The second-order valence-corrected chi connectivity index (χ2v) is 5.60. The van der Waals surface area contributed by atoms with Gasteiger partial charge in [-0.1, -0.05) is 19.1 Å². The van der Waals surface area contributed by atoms with E-state index < -0.39 is 0 Å². The van der Waals surface area contributed by atoms with Crippen LogP contribution in [-0.4, -0.2) is 48.4 Å². The summed E-state index contributed by atoms with van der Waals surface area (Å²) in [6, 6.07) is 5.80. The lowest BCUT2D eigenvalue weighted by Gasteiger charge is -2.12. The van der Waals surface area contributed by atoms with Crippen molar-refractivity contribution in [3.63, 3.8) is 0 Å². The van der Waals surface area contributed by atoms with Crippen molar-refractivity contribution in [1.29, 1.82) is 0 Å². The normalized spacial score (nSPS) is 11.7. The first-order valence-electron chi connectivity index (χ1n) is 8.60. The molecular formula is C17H23N9. The fourth-order valence-electron chi connectivity index (χ4n) is 2.53. The van der Waals surface area contributed by atoms with Gasteiger partial charge >= 0.3 is 0 Å². The van der Waals surface area contributed by atoms with Gasteiger partial charge in [0.2, 0.25) is 0 Å². The number of guanidine groups is 1. The Labute approximate surface area is 151 Å². The fourth-order valence-corrected chi connectivity index (χ4v) is 2.53. The Bertz CT molecular complexity index is 877. The molecule has 0 amide bonds. The summed E-state index contributed by atoms with van der Waals surface area (Å²) >= 11 is 0. The van der Waals surface area contributed by atoms with Crippen molar-refractivity contribution in [2.45, 2.75) is 26.4 Å². The van der Waals surface area contributed by atoms with Crippen molar-refractivity contribution in [3.05, 3.63) is 55.0 Å². The molecule has 2 N–H and O–H groups in total. The van der Waals surface area contributed by atoms with Crippen LogP contribution in [0.25, 0.3) is 5.65 Å². The van der Waals surface area contributed by atoms with Crippen LogP contribution in [0.4, 0.5) is 0 Å². The van der Waals surface area contributed by atoms with E-state index in [0.717, 1.165) is 30.3 Å². The molecule has 26 heavy (non-hydrogen) atoms. The summed E-state index contributed by atoms with van der Waals surface area (Å²) in [5, 5.41) is 22.9. The number of aromatic nitrogens is 6. The average molecular weight is 353 g/mol. The van der Waals surface area contributed by atoms with Crippen LogP contribution < -0.4 is 10.6 Å². The molecule has 3 aromatic rings. The summed E-state index contributed by atoms with van der Waals surface area (Å²) in [6.45, 7) is 8.31. The number of pyridine rings is 1. The van der Waals surface area contributed by atoms with Crippen molar-refractivity contribution in [2.24, 2.45) is 4.99 Å². The molecule has 0 unspecified atom stereocenters. The van der Waals surface area contributed by atoms with Crippen LogP contribution in [0.15, 0.2) is 48.4 Å². The number of nitrogens with zero attached hydrogens (tertiary/aromatic N) is 7. The van der Waals surface area contributed by atoms with E-state index in [2.05, 4.69) is 49.5 Å². The molecule has 3 heterocycles. The first-order valence-corrected chi connectivity index (χ1v) is 8.60. The molecule has 0 aliphatic rings. The van der Waals surface area contributed by atoms with Crippen LogP contribution in [-0.2, 0) is 19.5 Å². The average Bonchev–Trinajstić information content (AvgIpc) is 3.30. The van der Waals surface area contributed by atoms with Gasteiger partial charge in [-0.25, -0.2) is 4.99 Å². The molecule has 136 valence electrons. The summed E-state index contributed by atoms with van der Waals surface area (Å²) in [5.74, 6) is 2.45. The zero-order chi connectivity index (χ0) is 18.2. The highest BCUT2D eigenvalue weighted by molar-refractivity contribution is 5.79. The lowest BCUT2D eigenvalue weighted by molar-refractivity contribution is 0.633. The Hall–Kier alpha value is -3.23. The Kier molecular flexibility index (Phi) is 5.92. The van der Waals surface area contributed by atoms with E-state index in [4.69, 9.17) is 0 Å². The number of aryl methyl sites for hydroxylation is 1. The largest absolute Gasteiger partial charge is 0.355 e. The molecule has 0 aliphatic heterocycles. The molecule has 0 atom stereocenters. The monoisotopic (exact) mass is 353 g/mol. The van der Waals surface area contributed by atoms with E-state index in [9.17, 15) is 0 Å². The maximum absolute atomic E-state index is 4.60. The van der Waals surface area contributed by atoms with Crippen LogP contribution in [0.5, 0.6) is 0 Å². The van der Waals surface area contributed by atoms with E-state index in [0.29, 0.717) is 25.6 Å². The molecule has 0 aromatic carbocycles. The fraction of sp³-hybridized carbons (Fsp3) is 0.353. The molecule has 0 radical (unpaired) electrons. The Morgan fingerprint density at radius 1 is 1.23 bits per heavy atom. The van der Waals surface area contributed by atoms with Crippen LogP contribution >= 0.6 is 0 Å². The molecule has 0 bridgehead atoms. The smallest absolute Gasteiger partial charge is 0.192 e. The van der Waals surface area contributed by atoms with Crippen molar-refractivity contribution < 1.29 is 0 Å². The van der Waals surface area contributed by atoms with E-state index in [-0.39, 0.29) is 0 Å². The van der Waals surface area contributed by atoms with Crippen LogP contribution in [0, 0.1) is 0 Å². The minimum atomic E-state index is 0.421. The predicted octanol–water partition coefficient (Wildman–Crippen LogP) is 0.805. The molecule has 0 spiro atoms. The van der Waals surface area contributed by atoms with Crippen molar-refractivity contribution in [2.75, 3.05) is 13.1 Å². The zero-order valence-corrected chi connectivity index (χ0v) is 14.8. The molecule has 9 heteroatoms. The van der Waals surface area contributed by atoms with E-state index in [1.807, 2.05) is 33.4 Å². The van der Waals surface area contributed by atoms with Crippen molar-refractivity contribution in [1.82, 2.24) is 40.0 Å². The van der Waals surface area contributed by atoms with Crippen LogP contribution in [0.1, 0.15) is 18.6 Å². The Morgan fingerprint density at radius 3 is 3.00 bits per heavy atom. The summed E-state index contributed by atoms with van der Waals surface area (Å²) < 4.78 is 3.96. The van der Waals surface area contributed by atoms with Gasteiger partial charge in [-0.3, -0.25) is 4.40 Å². The van der Waals surface area contributed by atoms with Gasteiger partial charge in [0.1, 0.15) is 18.7 Å². The van der Waals surface area contributed by atoms with Gasteiger partial charge in [0.15, 0.2) is 17.4 Å². The number of nitrogens with one attached hydrogen (secondary N) is 2. The van der Waals surface area contributed by atoms with Gasteiger partial charge < -0.3 is 15.2 Å². The van der Waals surface area contributed by atoms with Crippen molar-refractivity contribution in [3.8, 4) is 0 Å². The molecule has 0 fully saturated rings. The molecule has 3 rings (SSSR count). The van der Waals surface area contributed by atoms with Crippen LogP contribution in [0.2, 0.25) is 0 Å². The summed E-state index contributed by atoms with van der Waals surface area (Å²) in [7, 11) is 0. The number of rotatable bonds is 8. The minimum absolute atomic E-state index is 0.421. The molecule has 0 aliphatic carbocycles. The summed E-state index contributed by atoms with van der Waals surface area (Å²) in [6.07, 6.45) is 6.33. The second kappa shape index (κ2) is 8.75. The lowest BCUT2D eigenvalue weighted by Crippen LogP contribution is -2.39. The number of hydrogen-bond donors (Lipinski definition) is 2. The maximum Gasteiger partial charge on any atom is 0.192 e. The Balaban J connectivity index is 1.63. The number of aliphatic imine (C=N–C) groups is 1. The molecular weight excluding hydrogens is 330 g/mol. The number of fused-ring (bicyclic) bond motifs is 1. The topological polar surface area (TPSA) is 97.3 Å². The lowest BCUT2D eigenvalue weighted by atomic mass is 10.4. The van der Waals surface area contributed by atoms with E-state index in [1.165, 1.54) is 0 Å². The quantitative estimate of drug-likeness (QED) is 0.353. The minimum Gasteiger partial charge on any atom is -0.355 e. The third-order valence-electron chi connectivity index (χ3n) is 3.83. The highest BCUT2D eigenvalue weighted by Gasteiger charge is 2.05. The summed E-state index contributed by atoms with van der Waals surface area (Å²) in [4.78, 5) is 4.60. The van der Waals surface area contributed by atoms with E-state index >= 15 is 0 Å². The Morgan fingerprint density at radius 2 is 2.15 bits per heavy atom. The molecule has 3 aromatic heterocycles. The van der Waals surface area contributed by atoms with Gasteiger partial charge in [0.05, 0.1) is 0 Å². The second-order valence-electron chi connectivity index (χ2n) is 5.60. The number of hydrogen-bond acceptors (Lipinski definition) is 5. The standard InChI is InChI=1S/C17H23N9/c1-3-8-18-17(19-9-11-25-13-21-22-14(25)4-2)20-12-16-24-23-15-7-5-6-10-26(15)16/h3,5-7,10,13H,1,4,8-9,11-12H2,2H3,(H2,18,19,20). The molecule has 0 saturated carbocycles. The highest BCUT2D eigenvalue weighted by atomic mass is 15.3. The van der Waals surface area contributed by atoms with Gasteiger partial charge in [0, 0.05) is 32.3 Å². The molecule has 9 nitrogen and oxygen atoms in total. The van der Waals surface area contributed by atoms with Crippen LogP contribution in [0.3, 0.4) is 0 Å². The van der Waals surface area contributed by atoms with E-state index in [1.54, 1.807) is 12.4 Å².